The first-order valence-corrected chi connectivity index (χ1v) is 29.6. The van der Waals surface area contributed by atoms with Gasteiger partial charge in [0, 0.05) is 43.3 Å². The number of amides is 1. The number of nitrogens with one attached hydrogen (secondary N) is 1. The molecule has 0 spiro atoms. The predicted octanol–water partition coefficient (Wildman–Crippen LogP) is 10.8. The Morgan fingerprint density at radius 2 is 1.25 bits per heavy atom. The molecule has 0 radical (unpaired) electrons. The number of esters is 3. The molecule has 1 heterocycles. The molecule has 80 heavy (non-hydrogen) atoms. The molecule has 4 aliphatic rings. The van der Waals surface area contributed by atoms with Crippen LogP contribution < -0.4 is 5.32 Å². The van der Waals surface area contributed by atoms with Crippen LogP contribution in [0.4, 0.5) is 0 Å². The summed E-state index contributed by atoms with van der Waals surface area (Å²) in [4.78, 5) is 72.8. The van der Waals surface area contributed by atoms with E-state index in [1.807, 2.05) is 0 Å². The van der Waals surface area contributed by atoms with Gasteiger partial charge in [0.05, 0.1) is 35.8 Å². The normalized spacial score (nSPS) is 27.9. The SMILES string of the molecule is CCCCCCCCCCCCCCCCCCOC(C)O[C@@H](C(=O)O[C@H]1C[C@@]2(O)[C@@H](OC(=O)c3ccccc3)[C@@H]3[C@]4(O)CO[C@@H]4C[C@H](O)[C@@]3(C)C(=O)[C@H](OC(C)=O)C(=C1C)C2(C)C)[C@@H](NC(=O)c1ccccc1)c1ccccc1. The van der Waals surface area contributed by atoms with Crippen LogP contribution in [-0.4, -0.2) is 112 Å². The van der Waals surface area contributed by atoms with E-state index >= 15 is 9.59 Å². The van der Waals surface area contributed by atoms with Crippen molar-refractivity contribution in [3.05, 3.63) is 119 Å². The fourth-order valence-corrected chi connectivity index (χ4v) is 13.1. The molecule has 2 bridgehead atoms. The molecule has 15 nitrogen and oxygen atoms in total. The number of aliphatic hydroxyl groups excluding tert-OH is 1. The fourth-order valence-electron chi connectivity index (χ4n) is 13.1. The molecule has 1 aliphatic heterocycles. The number of aliphatic hydroxyl groups is 3. The van der Waals surface area contributed by atoms with E-state index in [2.05, 4.69) is 12.2 Å². The van der Waals surface area contributed by atoms with Gasteiger partial charge in [0.25, 0.3) is 5.91 Å². The van der Waals surface area contributed by atoms with Crippen LogP contribution in [0.15, 0.2) is 102 Å². The van der Waals surface area contributed by atoms with Gasteiger partial charge in [-0.05, 0) is 68.2 Å². The van der Waals surface area contributed by atoms with Crippen LogP contribution in [0.1, 0.15) is 196 Å². The number of ether oxygens (including phenoxy) is 6. The molecule has 12 atom stereocenters. The van der Waals surface area contributed by atoms with Gasteiger partial charge in [-0.25, -0.2) is 9.59 Å². The quantitative estimate of drug-likeness (QED) is 0.0167. The number of hydrogen-bond acceptors (Lipinski definition) is 14. The lowest BCUT2D eigenvalue weighted by Gasteiger charge is -2.66. The third kappa shape index (κ3) is 14.0. The Balaban J connectivity index is 1.16. The van der Waals surface area contributed by atoms with Crippen molar-refractivity contribution < 1.29 is 67.7 Å². The Hall–Kier alpha value is -5.29. The number of carbonyl (C=O) groups is 5. The zero-order valence-electron chi connectivity index (χ0n) is 48.3. The first kappa shape index (κ1) is 62.3. The van der Waals surface area contributed by atoms with Crippen LogP contribution in [0.25, 0.3) is 0 Å². The van der Waals surface area contributed by atoms with Gasteiger partial charge in [-0.3, -0.25) is 14.4 Å². The summed E-state index contributed by atoms with van der Waals surface area (Å²) in [6.45, 7) is 11.3. The lowest BCUT2D eigenvalue weighted by molar-refractivity contribution is -0.343. The minimum Gasteiger partial charge on any atom is -0.456 e. The summed E-state index contributed by atoms with van der Waals surface area (Å²) in [5, 5.41) is 41.7. The third-order valence-electron chi connectivity index (χ3n) is 17.8. The topological polar surface area (TPSA) is 213 Å². The molecule has 3 aromatic rings. The van der Waals surface area contributed by atoms with Crippen molar-refractivity contribution in [1.29, 1.82) is 0 Å². The smallest absolute Gasteiger partial charge is 0.338 e. The summed E-state index contributed by atoms with van der Waals surface area (Å²) in [6.07, 6.45) is 8.81. The Morgan fingerprint density at radius 1 is 0.725 bits per heavy atom. The molecule has 4 N–H and O–H groups in total. The van der Waals surface area contributed by atoms with E-state index in [0.29, 0.717) is 17.7 Å². The van der Waals surface area contributed by atoms with Crippen LogP contribution in [0.5, 0.6) is 0 Å². The summed E-state index contributed by atoms with van der Waals surface area (Å²) in [5.74, 6) is -5.61. The molecule has 1 unspecified atom stereocenters. The number of unbranched alkanes of at least 4 members (excludes halogenated alkanes) is 15. The zero-order chi connectivity index (χ0) is 57.7. The van der Waals surface area contributed by atoms with Gasteiger partial charge in [0.15, 0.2) is 24.3 Å². The summed E-state index contributed by atoms with van der Waals surface area (Å²) in [5.41, 5.74) is -6.73. The lowest BCUT2D eigenvalue weighted by Crippen LogP contribution is -2.81. The highest BCUT2D eigenvalue weighted by Crippen LogP contribution is 2.63. The van der Waals surface area contributed by atoms with E-state index in [-0.39, 0.29) is 29.7 Å². The van der Waals surface area contributed by atoms with Crippen molar-refractivity contribution >= 4 is 29.6 Å². The first-order chi connectivity index (χ1) is 38.3. The van der Waals surface area contributed by atoms with Gasteiger partial charge in [0.2, 0.25) is 0 Å². The minimum atomic E-state index is -2.35. The van der Waals surface area contributed by atoms with E-state index in [9.17, 15) is 29.7 Å². The first-order valence-electron chi connectivity index (χ1n) is 29.6. The highest BCUT2D eigenvalue weighted by atomic mass is 16.7. The number of benzene rings is 3. The highest BCUT2D eigenvalue weighted by Gasteiger charge is 2.77. The van der Waals surface area contributed by atoms with Crippen LogP contribution in [0, 0.1) is 16.7 Å². The molecule has 1 amide bonds. The Morgan fingerprint density at radius 3 is 1.77 bits per heavy atom. The summed E-state index contributed by atoms with van der Waals surface area (Å²) >= 11 is 0. The largest absolute Gasteiger partial charge is 0.456 e. The monoisotopic (exact) mass is 1110 g/mol. The van der Waals surface area contributed by atoms with Gasteiger partial charge in [-0.15, -0.1) is 0 Å². The molecule has 1 saturated heterocycles. The van der Waals surface area contributed by atoms with Crippen molar-refractivity contribution in [2.45, 2.75) is 224 Å². The standard InChI is InChI=1S/C65H89NO14/c1-8-9-10-11-12-13-14-15-16-17-18-19-20-21-22-32-39-75-45(4)78-55(53(46-33-26-23-27-34-46)66-59(70)47-35-28-24-29-36-47)61(72)79-49-41-65(74)58(80-60(71)48-37-30-25-31-38-48)56-63(7,50(68)40-51-64(56,73)42-76-51)57(69)54(77-44(3)67)52(43(49)2)62(65,5)6/h23-31,33-38,45,49-51,53-56,58,68,73-74H,8-22,32,39-42H2,1-7H3,(H,66,70)/t45?,49-,50-,51+,53-,54+,55+,56-,58-,63+,64-,65+/m0/s1. The molecule has 0 aromatic heterocycles. The third-order valence-corrected chi connectivity index (χ3v) is 17.8. The summed E-state index contributed by atoms with van der Waals surface area (Å²) in [7, 11) is 0. The average Bonchev–Trinajstić information content (AvgIpc) is 3.64. The molecule has 2 saturated carbocycles. The molecular weight excluding hydrogens is 1020 g/mol. The Bertz CT molecular complexity index is 2560. The minimum absolute atomic E-state index is 0.0563. The zero-order valence-corrected chi connectivity index (χ0v) is 48.3. The number of carbonyl (C=O) groups excluding carboxylic acids is 5. The number of fused-ring (bicyclic) bond motifs is 5. The molecule has 3 aliphatic carbocycles. The van der Waals surface area contributed by atoms with Crippen molar-refractivity contribution in [3.8, 4) is 0 Å². The van der Waals surface area contributed by atoms with Crippen molar-refractivity contribution in [2.24, 2.45) is 16.7 Å². The van der Waals surface area contributed by atoms with Gasteiger partial charge in [-0.2, -0.15) is 0 Å². The summed E-state index contributed by atoms with van der Waals surface area (Å²) in [6, 6.07) is 24.2. The maximum absolute atomic E-state index is 15.6. The maximum atomic E-state index is 15.6. The second-order valence-electron chi connectivity index (χ2n) is 23.7. The van der Waals surface area contributed by atoms with Crippen LogP contribution in [-0.2, 0) is 42.8 Å². The van der Waals surface area contributed by atoms with E-state index in [1.165, 1.54) is 96.1 Å². The van der Waals surface area contributed by atoms with Gasteiger partial charge >= 0.3 is 17.9 Å². The highest BCUT2D eigenvalue weighted by molar-refractivity contribution is 5.96. The summed E-state index contributed by atoms with van der Waals surface area (Å²) < 4.78 is 37.6. The fraction of sp³-hybridized carbons (Fsp3) is 0.615. The second kappa shape index (κ2) is 28.1. The Labute approximate surface area is 473 Å². The molecular formula is C65H89NO14. The number of Topliss-reactive ketones (excluding diaryl/α,β-unsaturated/α-hetero) is 1. The van der Waals surface area contributed by atoms with Crippen molar-refractivity contribution in [2.75, 3.05) is 13.2 Å². The predicted molar refractivity (Wildman–Crippen MR) is 302 cm³/mol. The van der Waals surface area contributed by atoms with E-state index in [1.54, 1.807) is 107 Å². The van der Waals surface area contributed by atoms with Crippen molar-refractivity contribution in [3.63, 3.8) is 0 Å². The van der Waals surface area contributed by atoms with E-state index < -0.39 is 113 Å². The van der Waals surface area contributed by atoms with Crippen LogP contribution >= 0.6 is 0 Å². The molecule has 438 valence electrons. The van der Waals surface area contributed by atoms with Crippen LogP contribution in [0.2, 0.25) is 0 Å². The van der Waals surface area contributed by atoms with Gasteiger partial charge in [0.1, 0.15) is 23.4 Å². The molecule has 7 rings (SSSR count). The number of ketones is 1. The van der Waals surface area contributed by atoms with E-state index in [4.69, 9.17) is 28.4 Å². The van der Waals surface area contributed by atoms with Crippen LogP contribution in [0.3, 0.4) is 0 Å². The maximum Gasteiger partial charge on any atom is 0.338 e. The molecule has 3 aromatic carbocycles. The molecule has 3 fully saturated rings. The Kier molecular flexibility index (Phi) is 21.9. The molecule has 15 heteroatoms. The number of hydrogen-bond donors (Lipinski definition) is 4. The van der Waals surface area contributed by atoms with E-state index in [0.717, 1.165) is 32.6 Å². The van der Waals surface area contributed by atoms with Gasteiger partial charge in [-0.1, -0.05) is 184 Å². The second-order valence-corrected chi connectivity index (χ2v) is 23.7. The van der Waals surface area contributed by atoms with Gasteiger partial charge < -0.3 is 49.1 Å². The number of rotatable bonds is 29. The lowest BCUT2D eigenvalue weighted by atomic mass is 9.44. The average molecular weight is 1110 g/mol. The van der Waals surface area contributed by atoms with Crippen molar-refractivity contribution in [1.82, 2.24) is 5.32 Å².